The van der Waals surface area contributed by atoms with Crippen molar-refractivity contribution in [2.24, 2.45) is 0 Å². The second kappa shape index (κ2) is 11.0. The highest BCUT2D eigenvalue weighted by Gasteiger charge is 2.07. The van der Waals surface area contributed by atoms with Gasteiger partial charge >= 0.3 is 0 Å². The molecule has 0 radical (unpaired) electrons. The minimum Gasteiger partial charge on any atom is -0.377 e. The van der Waals surface area contributed by atoms with Crippen molar-refractivity contribution in [2.45, 2.75) is 52.1 Å². The Balaban J connectivity index is 2.13. The smallest absolute Gasteiger partial charge is 0.0699 e. The minimum absolute atomic E-state index is 0.382. The molecule has 0 aliphatic rings. The summed E-state index contributed by atoms with van der Waals surface area (Å²) in [5, 5.41) is 3.45. The van der Waals surface area contributed by atoms with E-state index in [9.17, 15) is 0 Å². The Bertz CT molecular complexity index is 299. The van der Waals surface area contributed by atoms with Crippen LogP contribution in [0.2, 0.25) is 0 Å². The Morgan fingerprint density at radius 2 is 1.89 bits per heavy atom. The second-order valence-corrected chi connectivity index (χ2v) is 5.07. The van der Waals surface area contributed by atoms with E-state index >= 15 is 0 Å². The molecule has 0 amide bonds. The Kier molecular flexibility index (Phi) is 9.38. The molecule has 1 unspecified atom stereocenters. The van der Waals surface area contributed by atoms with Gasteiger partial charge in [-0.15, -0.1) is 0 Å². The SMILES string of the molecule is CCCNCC(CCC)OCCCc1ccccc1. The molecule has 0 bridgehead atoms. The van der Waals surface area contributed by atoms with Crippen molar-refractivity contribution >= 4 is 0 Å². The van der Waals surface area contributed by atoms with Crippen LogP contribution in [0.25, 0.3) is 0 Å². The first-order valence-electron chi connectivity index (χ1n) is 7.73. The van der Waals surface area contributed by atoms with E-state index < -0.39 is 0 Å². The van der Waals surface area contributed by atoms with E-state index in [0.717, 1.165) is 39.0 Å². The molecule has 1 rings (SSSR count). The number of aryl methyl sites for hydroxylation is 1. The normalized spacial score (nSPS) is 12.5. The quantitative estimate of drug-likeness (QED) is 0.613. The van der Waals surface area contributed by atoms with Crippen LogP contribution in [0.5, 0.6) is 0 Å². The molecule has 0 saturated carbocycles. The standard InChI is InChI=1S/C17H29NO/c1-3-9-17(15-18-13-4-2)19-14-8-12-16-10-6-5-7-11-16/h5-7,10-11,17-18H,3-4,8-9,12-15H2,1-2H3. The summed E-state index contributed by atoms with van der Waals surface area (Å²) in [6, 6.07) is 10.6. The maximum absolute atomic E-state index is 5.99. The highest BCUT2D eigenvalue weighted by molar-refractivity contribution is 5.14. The van der Waals surface area contributed by atoms with Crippen molar-refractivity contribution in [3.63, 3.8) is 0 Å². The molecule has 108 valence electrons. The molecule has 0 spiro atoms. The highest BCUT2D eigenvalue weighted by Crippen LogP contribution is 2.06. The first kappa shape index (κ1) is 16.2. The molecule has 1 atom stereocenters. The first-order chi connectivity index (χ1) is 9.36. The highest BCUT2D eigenvalue weighted by atomic mass is 16.5. The summed E-state index contributed by atoms with van der Waals surface area (Å²) in [6.07, 6.45) is 6.14. The summed E-state index contributed by atoms with van der Waals surface area (Å²) in [6.45, 7) is 7.37. The van der Waals surface area contributed by atoms with E-state index in [1.54, 1.807) is 0 Å². The van der Waals surface area contributed by atoms with Gasteiger partial charge in [-0.05, 0) is 37.8 Å². The zero-order chi connectivity index (χ0) is 13.8. The molecule has 0 aliphatic heterocycles. The Morgan fingerprint density at radius 1 is 1.11 bits per heavy atom. The third-order valence-electron chi connectivity index (χ3n) is 3.22. The van der Waals surface area contributed by atoms with Crippen LogP contribution in [-0.2, 0) is 11.2 Å². The summed E-state index contributed by atoms with van der Waals surface area (Å²) in [7, 11) is 0. The topological polar surface area (TPSA) is 21.3 Å². The lowest BCUT2D eigenvalue weighted by atomic mass is 10.1. The third kappa shape index (κ3) is 8.02. The predicted molar refractivity (Wildman–Crippen MR) is 82.6 cm³/mol. The van der Waals surface area contributed by atoms with Gasteiger partial charge in [0.25, 0.3) is 0 Å². The molecule has 0 saturated heterocycles. The number of hydrogen-bond donors (Lipinski definition) is 1. The predicted octanol–water partition coefficient (Wildman–Crippen LogP) is 3.80. The van der Waals surface area contributed by atoms with Gasteiger partial charge in [0.15, 0.2) is 0 Å². The van der Waals surface area contributed by atoms with Crippen LogP contribution in [0, 0.1) is 0 Å². The number of hydrogen-bond acceptors (Lipinski definition) is 2. The average molecular weight is 263 g/mol. The summed E-state index contributed by atoms with van der Waals surface area (Å²) < 4.78 is 5.99. The fourth-order valence-corrected chi connectivity index (χ4v) is 2.18. The molecule has 1 N–H and O–H groups in total. The molecule has 0 aliphatic carbocycles. The van der Waals surface area contributed by atoms with Gasteiger partial charge in [-0.3, -0.25) is 0 Å². The van der Waals surface area contributed by atoms with Crippen LogP contribution >= 0.6 is 0 Å². The minimum atomic E-state index is 0.382. The molecule has 0 aromatic heterocycles. The number of ether oxygens (including phenoxy) is 1. The number of rotatable bonds is 11. The lowest BCUT2D eigenvalue weighted by Gasteiger charge is -2.17. The van der Waals surface area contributed by atoms with Gasteiger partial charge < -0.3 is 10.1 Å². The maximum Gasteiger partial charge on any atom is 0.0699 e. The van der Waals surface area contributed by atoms with Crippen molar-refractivity contribution in [3.05, 3.63) is 35.9 Å². The molecule has 2 nitrogen and oxygen atoms in total. The van der Waals surface area contributed by atoms with Crippen LogP contribution in [0.4, 0.5) is 0 Å². The maximum atomic E-state index is 5.99. The molecule has 0 heterocycles. The van der Waals surface area contributed by atoms with Crippen LogP contribution in [0.3, 0.4) is 0 Å². The van der Waals surface area contributed by atoms with Crippen molar-refractivity contribution in [3.8, 4) is 0 Å². The van der Waals surface area contributed by atoms with Gasteiger partial charge in [-0.25, -0.2) is 0 Å². The van der Waals surface area contributed by atoms with E-state index in [1.807, 2.05) is 0 Å². The fourth-order valence-electron chi connectivity index (χ4n) is 2.18. The Hall–Kier alpha value is -0.860. The summed E-state index contributed by atoms with van der Waals surface area (Å²) in [4.78, 5) is 0. The van der Waals surface area contributed by atoms with Gasteiger partial charge in [0.05, 0.1) is 6.10 Å². The van der Waals surface area contributed by atoms with E-state index in [4.69, 9.17) is 4.74 Å². The fraction of sp³-hybridized carbons (Fsp3) is 0.647. The zero-order valence-corrected chi connectivity index (χ0v) is 12.5. The number of nitrogens with one attached hydrogen (secondary N) is 1. The largest absolute Gasteiger partial charge is 0.377 e. The van der Waals surface area contributed by atoms with Gasteiger partial charge in [0.2, 0.25) is 0 Å². The zero-order valence-electron chi connectivity index (χ0n) is 12.5. The van der Waals surface area contributed by atoms with E-state index in [-0.39, 0.29) is 0 Å². The van der Waals surface area contributed by atoms with Crippen molar-refractivity contribution in [2.75, 3.05) is 19.7 Å². The third-order valence-corrected chi connectivity index (χ3v) is 3.22. The van der Waals surface area contributed by atoms with Crippen LogP contribution in [-0.4, -0.2) is 25.8 Å². The number of benzene rings is 1. The Labute approximate surface area is 118 Å². The summed E-state index contributed by atoms with van der Waals surface area (Å²) in [5.74, 6) is 0. The van der Waals surface area contributed by atoms with Crippen LogP contribution in [0.1, 0.15) is 45.1 Å². The van der Waals surface area contributed by atoms with Gasteiger partial charge in [0.1, 0.15) is 0 Å². The van der Waals surface area contributed by atoms with E-state index in [2.05, 4.69) is 49.5 Å². The molecular weight excluding hydrogens is 234 g/mol. The lowest BCUT2D eigenvalue weighted by molar-refractivity contribution is 0.0458. The van der Waals surface area contributed by atoms with Crippen molar-refractivity contribution < 1.29 is 4.74 Å². The molecule has 1 aromatic carbocycles. The second-order valence-electron chi connectivity index (χ2n) is 5.07. The first-order valence-corrected chi connectivity index (χ1v) is 7.73. The van der Waals surface area contributed by atoms with Crippen molar-refractivity contribution in [1.82, 2.24) is 5.32 Å². The average Bonchev–Trinajstić information content (AvgIpc) is 2.45. The van der Waals surface area contributed by atoms with Crippen LogP contribution < -0.4 is 5.32 Å². The molecule has 19 heavy (non-hydrogen) atoms. The molecule has 0 fully saturated rings. The molecule has 1 aromatic rings. The molecular formula is C17H29NO. The van der Waals surface area contributed by atoms with Gasteiger partial charge in [-0.1, -0.05) is 50.6 Å². The van der Waals surface area contributed by atoms with Gasteiger partial charge in [-0.2, -0.15) is 0 Å². The lowest BCUT2D eigenvalue weighted by Crippen LogP contribution is -2.30. The van der Waals surface area contributed by atoms with E-state index in [0.29, 0.717) is 6.10 Å². The van der Waals surface area contributed by atoms with Crippen LogP contribution in [0.15, 0.2) is 30.3 Å². The monoisotopic (exact) mass is 263 g/mol. The summed E-state index contributed by atoms with van der Waals surface area (Å²) in [5.41, 5.74) is 1.40. The summed E-state index contributed by atoms with van der Waals surface area (Å²) >= 11 is 0. The Morgan fingerprint density at radius 3 is 2.58 bits per heavy atom. The van der Waals surface area contributed by atoms with Crippen molar-refractivity contribution in [1.29, 1.82) is 0 Å². The van der Waals surface area contributed by atoms with E-state index in [1.165, 1.54) is 18.4 Å². The van der Waals surface area contributed by atoms with Gasteiger partial charge in [0, 0.05) is 13.2 Å². The molecule has 2 heteroatoms.